The maximum atomic E-state index is 14.4. The Hall–Kier alpha value is -3.93. The minimum Gasteiger partial charge on any atom is -0.361 e. The summed E-state index contributed by atoms with van der Waals surface area (Å²) in [4.78, 5) is 15.8. The van der Waals surface area contributed by atoms with Crippen molar-refractivity contribution in [3.8, 4) is 22.4 Å². The lowest BCUT2D eigenvalue weighted by Gasteiger charge is -2.13. The number of aromatic nitrogens is 4. The average Bonchev–Trinajstić information content (AvgIpc) is 3.25. The topological polar surface area (TPSA) is 54.5 Å². The molecule has 0 saturated heterocycles. The van der Waals surface area contributed by atoms with E-state index in [1.54, 1.807) is 18.6 Å². The van der Waals surface area contributed by atoms with Crippen molar-refractivity contribution >= 4 is 10.9 Å². The van der Waals surface area contributed by atoms with Crippen LogP contribution in [0.4, 0.5) is 8.78 Å². The third-order valence-corrected chi connectivity index (χ3v) is 5.14. The largest absolute Gasteiger partial charge is 0.361 e. The maximum absolute atomic E-state index is 14.4. The fourth-order valence-corrected chi connectivity index (χ4v) is 3.60. The summed E-state index contributed by atoms with van der Waals surface area (Å²) in [5.74, 6) is -1.13. The fraction of sp³-hybridized carbons (Fsp3) is 0.0417. The molecule has 0 aliphatic heterocycles. The molecular weight excluding hydrogens is 382 g/mol. The Kier molecular flexibility index (Phi) is 4.52. The van der Waals surface area contributed by atoms with Crippen molar-refractivity contribution < 1.29 is 8.78 Å². The number of aromatic amines is 1. The summed E-state index contributed by atoms with van der Waals surface area (Å²) in [5, 5.41) is 1.05. The first-order valence-corrected chi connectivity index (χ1v) is 9.44. The van der Waals surface area contributed by atoms with Gasteiger partial charge in [-0.05, 0) is 52.9 Å². The third kappa shape index (κ3) is 3.33. The molecular formula is C24H16F2N4. The van der Waals surface area contributed by atoms with Gasteiger partial charge < -0.3 is 4.98 Å². The highest BCUT2D eigenvalue weighted by molar-refractivity contribution is 5.86. The molecule has 0 spiro atoms. The standard InChI is InChI=1S/C24H16F2N4/c25-21-2-1-3-22(26)19(21)9-17-10-24(18-11-27-14-28-12-18)30-13-20(17)15-4-5-23-16(8-15)6-7-29-23/h1-8,10-14,29H,9H2. The van der Waals surface area contributed by atoms with E-state index in [0.29, 0.717) is 5.69 Å². The first-order chi connectivity index (χ1) is 14.7. The smallest absolute Gasteiger partial charge is 0.129 e. The lowest BCUT2D eigenvalue weighted by Crippen LogP contribution is -2.01. The summed E-state index contributed by atoms with van der Waals surface area (Å²) in [5.41, 5.74) is 4.95. The number of rotatable bonds is 4. The van der Waals surface area contributed by atoms with E-state index in [2.05, 4.69) is 19.9 Å². The van der Waals surface area contributed by atoms with Gasteiger partial charge in [0.2, 0.25) is 0 Å². The van der Waals surface area contributed by atoms with Crippen molar-refractivity contribution in [1.29, 1.82) is 0 Å². The van der Waals surface area contributed by atoms with Gasteiger partial charge in [-0.1, -0.05) is 12.1 Å². The van der Waals surface area contributed by atoms with E-state index in [-0.39, 0.29) is 12.0 Å². The lowest BCUT2D eigenvalue weighted by molar-refractivity contribution is 0.561. The molecule has 30 heavy (non-hydrogen) atoms. The molecule has 0 aliphatic rings. The Balaban J connectivity index is 1.67. The van der Waals surface area contributed by atoms with Crippen LogP contribution in [0.1, 0.15) is 11.1 Å². The molecule has 0 saturated carbocycles. The Labute approximate surface area is 171 Å². The monoisotopic (exact) mass is 398 g/mol. The quantitative estimate of drug-likeness (QED) is 0.431. The second kappa shape index (κ2) is 7.48. The van der Waals surface area contributed by atoms with Gasteiger partial charge in [-0.2, -0.15) is 0 Å². The van der Waals surface area contributed by atoms with Crippen LogP contribution in [0.3, 0.4) is 0 Å². The number of fused-ring (bicyclic) bond motifs is 1. The summed E-state index contributed by atoms with van der Waals surface area (Å²) < 4.78 is 28.8. The number of pyridine rings is 1. The highest BCUT2D eigenvalue weighted by Crippen LogP contribution is 2.31. The molecule has 3 heterocycles. The molecule has 0 aliphatic carbocycles. The van der Waals surface area contributed by atoms with Crippen LogP contribution in [-0.4, -0.2) is 19.9 Å². The van der Waals surface area contributed by atoms with Crippen molar-refractivity contribution in [3.63, 3.8) is 0 Å². The summed E-state index contributed by atoms with van der Waals surface area (Å²) in [7, 11) is 0. The zero-order valence-corrected chi connectivity index (χ0v) is 15.8. The SMILES string of the molecule is Fc1cccc(F)c1Cc1cc(-c2cncnc2)ncc1-c1ccc2[nH]ccc2c1. The summed E-state index contributed by atoms with van der Waals surface area (Å²) in [6.07, 6.45) is 8.48. The molecule has 0 unspecified atom stereocenters. The van der Waals surface area contributed by atoms with Crippen LogP contribution >= 0.6 is 0 Å². The molecule has 2 aromatic carbocycles. The minimum atomic E-state index is -0.566. The predicted octanol–water partition coefficient (Wildman–Crippen LogP) is 5.56. The molecule has 0 radical (unpaired) electrons. The molecule has 4 nitrogen and oxygen atoms in total. The van der Waals surface area contributed by atoms with E-state index in [9.17, 15) is 8.78 Å². The summed E-state index contributed by atoms with van der Waals surface area (Å²) in [6, 6.07) is 13.7. The number of hydrogen-bond acceptors (Lipinski definition) is 3. The summed E-state index contributed by atoms with van der Waals surface area (Å²) >= 11 is 0. The number of hydrogen-bond donors (Lipinski definition) is 1. The number of nitrogens with zero attached hydrogens (tertiary/aromatic N) is 3. The van der Waals surface area contributed by atoms with Crippen molar-refractivity contribution in [2.75, 3.05) is 0 Å². The highest BCUT2D eigenvalue weighted by atomic mass is 19.1. The van der Waals surface area contributed by atoms with E-state index in [4.69, 9.17) is 0 Å². The number of H-pyrrole nitrogens is 1. The molecule has 3 aromatic heterocycles. The zero-order valence-electron chi connectivity index (χ0n) is 15.8. The van der Waals surface area contributed by atoms with E-state index >= 15 is 0 Å². The van der Waals surface area contributed by atoms with Gasteiger partial charge in [0, 0.05) is 53.4 Å². The van der Waals surface area contributed by atoms with Gasteiger partial charge >= 0.3 is 0 Å². The zero-order chi connectivity index (χ0) is 20.5. The van der Waals surface area contributed by atoms with Gasteiger partial charge in [0.1, 0.15) is 18.0 Å². The number of benzene rings is 2. The van der Waals surface area contributed by atoms with Crippen molar-refractivity contribution in [2.45, 2.75) is 6.42 Å². The summed E-state index contributed by atoms with van der Waals surface area (Å²) in [6.45, 7) is 0. The van der Waals surface area contributed by atoms with Gasteiger partial charge in [-0.3, -0.25) is 4.98 Å². The van der Waals surface area contributed by atoms with Crippen LogP contribution in [0.2, 0.25) is 0 Å². The first-order valence-electron chi connectivity index (χ1n) is 9.44. The van der Waals surface area contributed by atoms with Crippen LogP contribution < -0.4 is 0 Å². The van der Waals surface area contributed by atoms with Crippen LogP contribution in [0.25, 0.3) is 33.3 Å². The minimum absolute atomic E-state index is 0.0305. The lowest BCUT2D eigenvalue weighted by atomic mass is 9.94. The maximum Gasteiger partial charge on any atom is 0.129 e. The van der Waals surface area contributed by atoms with E-state index in [1.807, 2.05) is 36.5 Å². The van der Waals surface area contributed by atoms with Gasteiger partial charge in [0.15, 0.2) is 0 Å². The fourth-order valence-electron chi connectivity index (χ4n) is 3.60. The number of nitrogens with one attached hydrogen (secondary N) is 1. The van der Waals surface area contributed by atoms with Crippen molar-refractivity contribution in [1.82, 2.24) is 19.9 Å². The molecule has 0 bridgehead atoms. The normalized spacial score (nSPS) is 11.1. The van der Waals surface area contributed by atoms with E-state index in [1.165, 1.54) is 24.5 Å². The van der Waals surface area contributed by atoms with Crippen LogP contribution in [0.15, 0.2) is 79.6 Å². The Morgan fingerprint density at radius 2 is 1.63 bits per heavy atom. The Bertz CT molecular complexity index is 1330. The third-order valence-electron chi connectivity index (χ3n) is 5.14. The van der Waals surface area contributed by atoms with E-state index < -0.39 is 11.6 Å². The molecule has 146 valence electrons. The molecule has 1 N–H and O–H groups in total. The van der Waals surface area contributed by atoms with Gasteiger partial charge in [0.05, 0.1) is 5.69 Å². The number of halogens is 2. The second-order valence-electron chi connectivity index (χ2n) is 7.01. The predicted molar refractivity (Wildman–Crippen MR) is 112 cm³/mol. The van der Waals surface area contributed by atoms with Crippen molar-refractivity contribution in [3.05, 3.63) is 102 Å². The van der Waals surface area contributed by atoms with Crippen LogP contribution in [0, 0.1) is 11.6 Å². The Morgan fingerprint density at radius 1 is 0.833 bits per heavy atom. The van der Waals surface area contributed by atoms with Gasteiger partial charge in [0.25, 0.3) is 0 Å². The highest BCUT2D eigenvalue weighted by Gasteiger charge is 2.15. The molecule has 0 fully saturated rings. The second-order valence-corrected chi connectivity index (χ2v) is 7.01. The molecule has 5 rings (SSSR count). The molecule has 0 amide bonds. The van der Waals surface area contributed by atoms with Crippen LogP contribution in [-0.2, 0) is 6.42 Å². The van der Waals surface area contributed by atoms with Gasteiger partial charge in [-0.15, -0.1) is 0 Å². The Morgan fingerprint density at radius 3 is 2.43 bits per heavy atom. The average molecular weight is 398 g/mol. The van der Waals surface area contributed by atoms with Crippen LogP contribution in [0.5, 0.6) is 0 Å². The molecule has 0 atom stereocenters. The van der Waals surface area contributed by atoms with Crippen molar-refractivity contribution in [2.24, 2.45) is 0 Å². The molecule has 6 heteroatoms. The van der Waals surface area contributed by atoms with E-state index in [0.717, 1.165) is 33.2 Å². The molecule has 5 aromatic rings. The first kappa shape index (κ1) is 18.1. The van der Waals surface area contributed by atoms with Gasteiger partial charge in [-0.25, -0.2) is 18.7 Å².